The third-order valence-electron chi connectivity index (χ3n) is 2.41. The molecule has 0 aromatic heterocycles. The van der Waals surface area contributed by atoms with E-state index in [9.17, 15) is 4.79 Å². The smallest absolute Gasteiger partial charge is 0.338 e. The second kappa shape index (κ2) is 5.69. The van der Waals surface area contributed by atoms with Gasteiger partial charge in [-0.15, -0.1) is 0 Å². The second-order valence-corrected chi connectivity index (χ2v) is 4.74. The van der Waals surface area contributed by atoms with E-state index >= 15 is 0 Å². The van der Waals surface area contributed by atoms with E-state index in [4.69, 9.17) is 10.5 Å². The van der Waals surface area contributed by atoms with Crippen LogP contribution in [0.25, 0.3) is 0 Å². The average Bonchev–Trinajstić information content (AvgIpc) is 2.38. The SMILES string of the molecule is Nc1cccc(C(=O)OCc2ccc(Br)cc2)c1. The zero-order valence-corrected chi connectivity index (χ0v) is 11.2. The lowest BCUT2D eigenvalue weighted by Crippen LogP contribution is -2.05. The number of benzene rings is 2. The van der Waals surface area contributed by atoms with Gasteiger partial charge in [-0.05, 0) is 35.9 Å². The molecule has 3 nitrogen and oxygen atoms in total. The van der Waals surface area contributed by atoms with Crippen molar-refractivity contribution in [1.82, 2.24) is 0 Å². The minimum absolute atomic E-state index is 0.251. The van der Waals surface area contributed by atoms with Gasteiger partial charge in [0.2, 0.25) is 0 Å². The highest BCUT2D eigenvalue weighted by Gasteiger charge is 2.07. The number of nitrogen functional groups attached to an aromatic ring is 1. The summed E-state index contributed by atoms with van der Waals surface area (Å²) < 4.78 is 6.19. The molecule has 0 atom stereocenters. The molecule has 18 heavy (non-hydrogen) atoms. The first-order chi connectivity index (χ1) is 8.65. The lowest BCUT2D eigenvalue weighted by molar-refractivity contribution is 0.0473. The predicted octanol–water partition coefficient (Wildman–Crippen LogP) is 3.39. The van der Waals surface area contributed by atoms with Crippen LogP contribution in [0.1, 0.15) is 15.9 Å². The van der Waals surface area contributed by atoms with Gasteiger partial charge in [0.25, 0.3) is 0 Å². The fourth-order valence-corrected chi connectivity index (χ4v) is 1.74. The second-order valence-electron chi connectivity index (χ2n) is 3.83. The van der Waals surface area contributed by atoms with E-state index in [2.05, 4.69) is 15.9 Å². The largest absolute Gasteiger partial charge is 0.457 e. The van der Waals surface area contributed by atoms with Crippen LogP contribution < -0.4 is 5.73 Å². The maximum absolute atomic E-state index is 11.8. The normalized spacial score (nSPS) is 10.1. The van der Waals surface area contributed by atoms with Crippen LogP contribution in [0.2, 0.25) is 0 Å². The summed E-state index contributed by atoms with van der Waals surface area (Å²) in [6.07, 6.45) is 0. The van der Waals surface area contributed by atoms with Crippen molar-refractivity contribution in [3.05, 3.63) is 64.1 Å². The molecule has 0 saturated carbocycles. The molecular formula is C14H12BrNO2. The molecule has 2 aromatic carbocycles. The number of carbonyl (C=O) groups excluding carboxylic acids is 1. The topological polar surface area (TPSA) is 52.3 Å². The van der Waals surface area contributed by atoms with Crippen LogP contribution in [0.15, 0.2) is 53.0 Å². The molecule has 0 spiro atoms. The summed E-state index contributed by atoms with van der Waals surface area (Å²) in [5, 5.41) is 0. The van der Waals surface area contributed by atoms with Crippen LogP contribution in [-0.4, -0.2) is 5.97 Å². The molecule has 2 N–H and O–H groups in total. The van der Waals surface area contributed by atoms with E-state index in [1.54, 1.807) is 24.3 Å². The van der Waals surface area contributed by atoms with Crippen molar-refractivity contribution < 1.29 is 9.53 Å². The van der Waals surface area contributed by atoms with Crippen molar-refractivity contribution in [3.63, 3.8) is 0 Å². The van der Waals surface area contributed by atoms with Gasteiger partial charge >= 0.3 is 5.97 Å². The Morgan fingerprint density at radius 1 is 1.17 bits per heavy atom. The van der Waals surface area contributed by atoms with Gasteiger partial charge in [-0.1, -0.05) is 34.1 Å². The van der Waals surface area contributed by atoms with Crippen LogP contribution in [0.4, 0.5) is 5.69 Å². The molecule has 0 saturated heterocycles. The Bertz CT molecular complexity index is 552. The molecule has 0 unspecified atom stereocenters. The summed E-state index contributed by atoms with van der Waals surface area (Å²) in [5.41, 5.74) is 7.56. The standard InChI is InChI=1S/C14H12BrNO2/c15-12-6-4-10(5-7-12)9-18-14(17)11-2-1-3-13(16)8-11/h1-8H,9,16H2. The first-order valence-electron chi connectivity index (χ1n) is 5.42. The molecule has 0 amide bonds. The molecule has 0 aliphatic rings. The molecule has 0 heterocycles. The molecule has 0 bridgehead atoms. The van der Waals surface area contributed by atoms with Gasteiger partial charge in [0.05, 0.1) is 5.56 Å². The minimum Gasteiger partial charge on any atom is -0.457 e. The van der Waals surface area contributed by atoms with E-state index in [0.29, 0.717) is 11.3 Å². The molecule has 0 aliphatic carbocycles. The first-order valence-corrected chi connectivity index (χ1v) is 6.21. The summed E-state index contributed by atoms with van der Waals surface area (Å²) in [7, 11) is 0. The molecule has 0 fully saturated rings. The van der Waals surface area contributed by atoms with Crippen LogP contribution >= 0.6 is 15.9 Å². The van der Waals surface area contributed by atoms with Gasteiger partial charge in [0.1, 0.15) is 6.61 Å². The van der Waals surface area contributed by atoms with Crippen LogP contribution in [0.3, 0.4) is 0 Å². The summed E-state index contributed by atoms with van der Waals surface area (Å²) in [5.74, 6) is -0.370. The highest BCUT2D eigenvalue weighted by molar-refractivity contribution is 9.10. The molecular weight excluding hydrogens is 294 g/mol. The number of rotatable bonds is 3. The lowest BCUT2D eigenvalue weighted by Gasteiger charge is -2.05. The fourth-order valence-electron chi connectivity index (χ4n) is 1.48. The van der Waals surface area contributed by atoms with Gasteiger partial charge in [0.15, 0.2) is 0 Å². The van der Waals surface area contributed by atoms with Crippen LogP contribution in [0.5, 0.6) is 0 Å². The quantitative estimate of drug-likeness (QED) is 0.698. The van der Waals surface area contributed by atoms with Crippen molar-refractivity contribution in [2.75, 3.05) is 5.73 Å². The Kier molecular flexibility index (Phi) is 3.99. The van der Waals surface area contributed by atoms with Gasteiger partial charge < -0.3 is 10.5 Å². The van der Waals surface area contributed by atoms with Crippen molar-refractivity contribution in [3.8, 4) is 0 Å². The average molecular weight is 306 g/mol. The Morgan fingerprint density at radius 3 is 2.56 bits per heavy atom. The van der Waals surface area contributed by atoms with Gasteiger partial charge in [-0.25, -0.2) is 4.79 Å². The number of halogens is 1. The van der Waals surface area contributed by atoms with Gasteiger partial charge in [-0.2, -0.15) is 0 Å². The number of ether oxygens (including phenoxy) is 1. The Labute approximate surface area is 114 Å². The highest BCUT2D eigenvalue weighted by Crippen LogP contribution is 2.13. The fraction of sp³-hybridized carbons (Fsp3) is 0.0714. The minimum atomic E-state index is -0.370. The van der Waals surface area contributed by atoms with Crippen LogP contribution in [-0.2, 0) is 11.3 Å². The number of hydrogen-bond acceptors (Lipinski definition) is 3. The predicted molar refractivity (Wildman–Crippen MR) is 74.1 cm³/mol. The highest BCUT2D eigenvalue weighted by atomic mass is 79.9. The third-order valence-corrected chi connectivity index (χ3v) is 2.93. The molecule has 92 valence electrons. The van der Waals surface area contributed by atoms with Crippen molar-refractivity contribution in [2.45, 2.75) is 6.61 Å². The first kappa shape index (κ1) is 12.6. The number of nitrogens with two attached hydrogens (primary N) is 1. The number of anilines is 1. The number of hydrogen-bond donors (Lipinski definition) is 1. The lowest BCUT2D eigenvalue weighted by atomic mass is 10.2. The van der Waals surface area contributed by atoms with E-state index in [0.717, 1.165) is 10.0 Å². The maximum Gasteiger partial charge on any atom is 0.338 e. The monoisotopic (exact) mass is 305 g/mol. The molecule has 4 heteroatoms. The van der Waals surface area contributed by atoms with Crippen LogP contribution in [0, 0.1) is 0 Å². The number of esters is 1. The molecule has 2 rings (SSSR count). The molecule has 0 radical (unpaired) electrons. The van der Waals surface area contributed by atoms with E-state index in [1.807, 2.05) is 24.3 Å². The van der Waals surface area contributed by atoms with E-state index in [-0.39, 0.29) is 12.6 Å². The Hall–Kier alpha value is -1.81. The maximum atomic E-state index is 11.8. The summed E-state index contributed by atoms with van der Waals surface area (Å²) >= 11 is 3.35. The van der Waals surface area contributed by atoms with Crippen molar-refractivity contribution >= 4 is 27.6 Å². The van der Waals surface area contributed by atoms with Gasteiger partial charge in [-0.3, -0.25) is 0 Å². The van der Waals surface area contributed by atoms with E-state index in [1.165, 1.54) is 0 Å². The van der Waals surface area contributed by atoms with E-state index < -0.39 is 0 Å². The third kappa shape index (κ3) is 3.34. The van der Waals surface area contributed by atoms with Gasteiger partial charge in [0, 0.05) is 10.2 Å². The summed E-state index contributed by atoms with van der Waals surface area (Å²) in [4.78, 5) is 11.8. The Morgan fingerprint density at radius 2 is 1.89 bits per heavy atom. The summed E-state index contributed by atoms with van der Waals surface area (Å²) in [6, 6.07) is 14.3. The zero-order valence-electron chi connectivity index (χ0n) is 9.60. The van der Waals surface area contributed by atoms with Crippen molar-refractivity contribution in [2.24, 2.45) is 0 Å². The molecule has 0 aliphatic heterocycles. The van der Waals surface area contributed by atoms with Crippen molar-refractivity contribution in [1.29, 1.82) is 0 Å². The zero-order chi connectivity index (χ0) is 13.0. The number of carbonyl (C=O) groups is 1. The Balaban J connectivity index is 1.98. The molecule has 2 aromatic rings. The summed E-state index contributed by atoms with van der Waals surface area (Å²) in [6.45, 7) is 0.251.